The molecule has 1 rings (SSSR count). The van der Waals surface area contributed by atoms with E-state index < -0.39 is 0 Å². The second kappa shape index (κ2) is 7.96. The third kappa shape index (κ3) is 5.21. The van der Waals surface area contributed by atoms with E-state index in [4.69, 9.17) is 10.00 Å². The topological polar surface area (TPSA) is 74.2 Å². The lowest BCUT2D eigenvalue weighted by Crippen LogP contribution is -2.30. The van der Waals surface area contributed by atoms with E-state index in [0.29, 0.717) is 19.6 Å². The molecule has 0 aliphatic heterocycles. The van der Waals surface area contributed by atoms with E-state index in [1.807, 2.05) is 37.3 Å². The van der Waals surface area contributed by atoms with Crippen LogP contribution in [0.15, 0.2) is 24.3 Å². The molecule has 0 heterocycles. The SMILES string of the molecule is CCOc1ccc(NCC(=O)NCCC#N)cc1. The molecule has 0 atom stereocenters. The standard InChI is InChI=1S/C13H17N3O2/c1-2-18-12-6-4-11(5-7-12)16-10-13(17)15-9-3-8-14/h4-7,16H,2-3,9-10H2,1H3,(H,15,17). The Labute approximate surface area is 107 Å². The van der Waals surface area contributed by atoms with Crippen molar-refractivity contribution in [1.82, 2.24) is 5.32 Å². The lowest BCUT2D eigenvalue weighted by Gasteiger charge is -2.08. The minimum Gasteiger partial charge on any atom is -0.494 e. The zero-order chi connectivity index (χ0) is 13.2. The average molecular weight is 247 g/mol. The first kappa shape index (κ1) is 13.8. The molecule has 0 bridgehead atoms. The van der Waals surface area contributed by atoms with Gasteiger partial charge >= 0.3 is 0 Å². The normalized spacial score (nSPS) is 9.33. The molecule has 2 N–H and O–H groups in total. The molecule has 0 spiro atoms. The summed E-state index contributed by atoms with van der Waals surface area (Å²) in [6.07, 6.45) is 0.328. The maximum absolute atomic E-state index is 11.4. The van der Waals surface area contributed by atoms with Gasteiger partial charge in [0.05, 0.1) is 25.6 Å². The molecule has 1 aromatic carbocycles. The van der Waals surface area contributed by atoms with Crippen molar-refractivity contribution in [2.75, 3.05) is 25.0 Å². The summed E-state index contributed by atoms with van der Waals surface area (Å²) in [5.74, 6) is 0.681. The third-order valence-corrected chi connectivity index (χ3v) is 2.18. The molecule has 0 aromatic heterocycles. The highest BCUT2D eigenvalue weighted by Gasteiger charge is 2.00. The number of hydrogen-bond acceptors (Lipinski definition) is 4. The second-order valence-corrected chi connectivity index (χ2v) is 3.57. The molecule has 0 aliphatic carbocycles. The zero-order valence-electron chi connectivity index (χ0n) is 10.4. The number of anilines is 1. The summed E-state index contributed by atoms with van der Waals surface area (Å²) >= 11 is 0. The highest BCUT2D eigenvalue weighted by atomic mass is 16.5. The Hall–Kier alpha value is -2.22. The summed E-state index contributed by atoms with van der Waals surface area (Å²) in [7, 11) is 0. The number of hydrogen-bond donors (Lipinski definition) is 2. The van der Waals surface area contributed by atoms with Crippen molar-refractivity contribution in [3.63, 3.8) is 0 Å². The fraction of sp³-hybridized carbons (Fsp3) is 0.385. The van der Waals surface area contributed by atoms with E-state index in [1.54, 1.807) is 0 Å². The molecule has 18 heavy (non-hydrogen) atoms. The van der Waals surface area contributed by atoms with Gasteiger partial charge in [0.2, 0.25) is 5.91 Å². The summed E-state index contributed by atoms with van der Waals surface area (Å²) in [5.41, 5.74) is 0.855. The van der Waals surface area contributed by atoms with E-state index in [0.717, 1.165) is 11.4 Å². The van der Waals surface area contributed by atoms with Crippen LogP contribution in [-0.4, -0.2) is 25.6 Å². The number of ether oxygens (including phenoxy) is 1. The van der Waals surface area contributed by atoms with E-state index in [9.17, 15) is 4.79 Å². The van der Waals surface area contributed by atoms with Gasteiger partial charge < -0.3 is 15.4 Å². The summed E-state index contributed by atoms with van der Waals surface area (Å²) < 4.78 is 5.31. The first-order valence-electron chi connectivity index (χ1n) is 5.86. The van der Waals surface area contributed by atoms with Crippen molar-refractivity contribution in [3.8, 4) is 11.8 Å². The Balaban J connectivity index is 2.30. The molecule has 5 nitrogen and oxygen atoms in total. The van der Waals surface area contributed by atoms with Crippen LogP contribution in [0.2, 0.25) is 0 Å². The number of carbonyl (C=O) groups is 1. The first-order chi connectivity index (χ1) is 8.76. The van der Waals surface area contributed by atoms with Crippen molar-refractivity contribution >= 4 is 11.6 Å². The number of benzene rings is 1. The fourth-order valence-corrected chi connectivity index (χ4v) is 1.34. The van der Waals surface area contributed by atoms with Gasteiger partial charge in [-0.2, -0.15) is 5.26 Å². The highest BCUT2D eigenvalue weighted by molar-refractivity contribution is 5.80. The third-order valence-electron chi connectivity index (χ3n) is 2.18. The fourth-order valence-electron chi connectivity index (χ4n) is 1.34. The van der Waals surface area contributed by atoms with Crippen molar-refractivity contribution < 1.29 is 9.53 Å². The maximum atomic E-state index is 11.4. The molecule has 0 radical (unpaired) electrons. The second-order valence-electron chi connectivity index (χ2n) is 3.57. The summed E-state index contributed by atoms with van der Waals surface area (Å²) in [6, 6.07) is 9.37. The van der Waals surface area contributed by atoms with Crippen LogP contribution in [0.3, 0.4) is 0 Å². The van der Waals surface area contributed by atoms with Crippen LogP contribution in [0.5, 0.6) is 5.75 Å². The number of nitriles is 1. The lowest BCUT2D eigenvalue weighted by atomic mass is 10.3. The molecular formula is C13H17N3O2. The molecule has 1 amide bonds. The van der Waals surface area contributed by atoms with Crippen LogP contribution < -0.4 is 15.4 Å². The molecule has 0 unspecified atom stereocenters. The van der Waals surface area contributed by atoms with Gasteiger partial charge in [0.25, 0.3) is 0 Å². The molecule has 96 valence electrons. The molecule has 5 heteroatoms. The Morgan fingerprint density at radius 2 is 2.11 bits per heavy atom. The molecule has 0 saturated heterocycles. The Morgan fingerprint density at radius 3 is 2.72 bits per heavy atom. The predicted octanol–water partition coefficient (Wildman–Crippen LogP) is 1.53. The van der Waals surface area contributed by atoms with Crippen molar-refractivity contribution in [2.45, 2.75) is 13.3 Å². The van der Waals surface area contributed by atoms with Gasteiger partial charge in [-0.1, -0.05) is 0 Å². The van der Waals surface area contributed by atoms with Gasteiger partial charge in [0, 0.05) is 12.2 Å². The number of carbonyl (C=O) groups excluding carboxylic acids is 1. The van der Waals surface area contributed by atoms with Crippen molar-refractivity contribution in [3.05, 3.63) is 24.3 Å². The van der Waals surface area contributed by atoms with Crippen LogP contribution in [0.25, 0.3) is 0 Å². The molecule has 0 aliphatic rings. The quantitative estimate of drug-likeness (QED) is 0.716. The number of nitrogens with one attached hydrogen (secondary N) is 2. The average Bonchev–Trinajstić information content (AvgIpc) is 2.39. The van der Waals surface area contributed by atoms with Gasteiger partial charge in [-0.15, -0.1) is 0 Å². The minimum absolute atomic E-state index is 0.126. The monoisotopic (exact) mass is 247 g/mol. The zero-order valence-corrected chi connectivity index (χ0v) is 10.4. The van der Waals surface area contributed by atoms with E-state index in [2.05, 4.69) is 10.6 Å². The smallest absolute Gasteiger partial charge is 0.239 e. The summed E-state index contributed by atoms with van der Waals surface area (Å²) in [6.45, 7) is 3.14. The van der Waals surface area contributed by atoms with Gasteiger partial charge in [-0.3, -0.25) is 4.79 Å². The maximum Gasteiger partial charge on any atom is 0.239 e. The summed E-state index contributed by atoms with van der Waals surface area (Å²) in [5, 5.41) is 14.0. The van der Waals surface area contributed by atoms with Crippen molar-refractivity contribution in [1.29, 1.82) is 5.26 Å². The van der Waals surface area contributed by atoms with Crippen LogP contribution in [0.4, 0.5) is 5.69 Å². The van der Waals surface area contributed by atoms with Gasteiger partial charge in [-0.05, 0) is 31.2 Å². The number of amides is 1. The Bertz CT molecular complexity index is 409. The molecular weight excluding hydrogens is 230 g/mol. The van der Waals surface area contributed by atoms with Gasteiger partial charge in [0.15, 0.2) is 0 Å². The van der Waals surface area contributed by atoms with E-state index in [-0.39, 0.29) is 12.5 Å². The van der Waals surface area contributed by atoms with Crippen LogP contribution in [0.1, 0.15) is 13.3 Å². The molecule has 0 saturated carbocycles. The number of nitrogens with zero attached hydrogens (tertiary/aromatic N) is 1. The van der Waals surface area contributed by atoms with E-state index in [1.165, 1.54) is 0 Å². The van der Waals surface area contributed by atoms with Gasteiger partial charge in [-0.25, -0.2) is 0 Å². The van der Waals surface area contributed by atoms with Crippen molar-refractivity contribution in [2.24, 2.45) is 0 Å². The highest BCUT2D eigenvalue weighted by Crippen LogP contribution is 2.15. The van der Waals surface area contributed by atoms with E-state index >= 15 is 0 Å². The van der Waals surface area contributed by atoms with Crippen LogP contribution in [0, 0.1) is 11.3 Å². The Kier molecular flexibility index (Phi) is 6.12. The van der Waals surface area contributed by atoms with Gasteiger partial charge in [0.1, 0.15) is 5.75 Å². The Morgan fingerprint density at radius 1 is 1.39 bits per heavy atom. The predicted molar refractivity (Wildman–Crippen MR) is 69.3 cm³/mol. The first-order valence-corrected chi connectivity index (χ1v) is 5.86. The van der Waals surface area contributed by atoms with Crippen LogP contribution >= 0.6 is 0 Å². The molecule has 0 fully saturated rings. The minimum atomic E-state index is -0.126. The molecule has 1 aromatic rings. The number of rotatable bonds is 7. The summed E-state index contributed by atoms with van der Waals surface area (Å²) in [4.78, 5) is 11.4. The largest absolute Gasteiger partial charge is 0.494 e. The van der Waals surface area contributed by atoms with Crippen LogP contribution in [-0.2, 0) is 4.79 Å². The lowest BCUT2D eigenvalue weighted by molar-refractivity contribution is -0.119.